The van der Waals surface area contributed by atoms with Crippen molar-refractivity contribution in [2.45, 2.75) is 58.4 Å². The van der Waals surface area contributed by atoms with Crippen LogP contribution in [0.2, 0.25) is 0 Å². The minimum atomic E-state index is -0.810. The fraction of sp³-hybridized carbons (Fsp3) is 0.524. The van der Waals surface area contributed by atoms with Crippen LogP contribution in [0.15, 0.2) is 28.0 Å². The zero-order chi connectivity index (χ0) is 19.4. The van der Waals surface area contributed by atoms with Crippen molar-refractivity contribution in [3.63, 3.8) is 0 Å². The van der Waals surface area contributed by atoms with E-state index in [0.29, 0.717) is 36.6 Å². The van der Waals surface area contributed by atoms with Gasteiger partial charge in [0.15, 0.2) is 0 Å². The van der Waals surface area contributed by atoms with Gasteiger partial charge < -0.3 is 14.6 Å². The van der Waals surface area contributed by atoms with Gasteiger partial charge in [-0.25, -0.2) is 0 Å². The highest BCUT2D eigenvalue weighted by atomic mass is 32.1. The summed E-state index contributed by atoms with van der Waals surface area (Å²) in [5.74, 6) is 1.13. The first-order chi connectivity index (χ1) is 13.0. The predicted octanol–water partition coefficient (Wildman–Crippen LogP) is 4.62. The Morgan fingerprint density at radius 1 is 1.37 bits per heavy atom. The number of carbonyl (C=O) groups is 2. The van der Waals surface area contributed by atoms with Crippen molar-refractivity contribution < 1.29 is 14.0 Å². The lowest BCUT2D eigenvalue weighted by atomic mass is 9.86. The molecule has 0 spiro atoms. The number of rotatable bonds is 6. The monoisotopic (exact) mass is 388 g/mol. The molecule has 1 atom stereocenters. The minimum absolute atomic E-state index is 0.0522. The highest BCUT2D eigenvalue weighted by molar-refractivity contribution is 7.13. The van der Waals surface area contributed by atoms with E-state index in [1.807, 2.05) is 37.4 Å². The first-order valence-corrected chi connectivity index (χ1v) is 10.6. The summed E-state index contributed by atoms with van der Waals surface area (Å²) < 4.78 is 5.84. The molecule has 1 aliphatic heterocycles. The molecule has 1 N–H and O–H groups in total. The molecule has 1 saturated heterocycles. The summed E-state index contributed by atoms with van der Waals surface area (Å²) in [5.41, 5.74) is -0.261. The Morgan fingerprint density at radius 3 is 2.89 bits per heavy atom. The minimum Gasteiger partial charge on any atom is -0.460 e. The van der Waals surface area contributed by atoms with Crippen LogP contribution >= 0.6 is 11.3 Å². The van der Waals surface area contributed by atoms with Gasteiger partial charge in [0.1, 0.15) is 17.1 Å². The molecule has 0 aliphatic carbocycles. The van der Waals surface area contributed by atoms with Crippen LogP contribution in [0.25, 0.3) is 10.6 Å². The van der Waals surface area contributed by atoms with Crippen LogP contribution in [0.4, 0.5) is 0 Å². The first kappa shape index (κ1) is 19.7. The number of hydrogen-bond acceptors (Lipinski definition) is 4. The smallest absolute Gasteiger partial charge is 0.258 e. The first-order valence-electron chi connectivity index (χ1n) is 9.72. The Morgan fingerprint density at radius 2 is 2.19 bits per heavy atom. The second-order valence-corrected chi connectivity index (χ2v) is 8.30. The number of nitrogens with zero attached hydrogens (tertiary/aromatic N) is 1. The van der Waals surface area contributed by atoms with Gasteiger partial charge in [0.2, 0.25) is 5.91 Å². The standard InChI is InChI=1S/C21H28N2O3S/c1-4-5-11-22-20(25)21(3)10-6-7-12-23(21)19(24)16-14-17(26-15(16)2)18-9-8-13-27-18/h8-9,13-14H,4-7,10-12H2,1-3H3,(H,22,25). The summed E-state index contributed by atoms with van der Waals surface area (Å²) in [6.07, 6.45) is 4.52. The molecule has 1 aliphatic rings. The Kier molecular flexibility index (Phi) is 6.05. The van der Waals surface area contributed by atoms with Gasteiger partial charge in [0.05, 0.1) is 10.4 Å². The van der Waals surface area contributed by atoms with Gasteiger partial charge in [-0.3, -0.25) is 9.59 Å². The number of aryl methyl sites for hydroxylation is 1. The SMILES string of the molecule is CCCCNC(=O)C1(C)CCCCN1C(=O)c1cc(-c2cccs2)oc1C. The van der Waals surface area contributed by atoms with Crippen molar-refractivity contribution in [1.29, 1.82) is 0 Å². The normalized spacial score (nSPS) is 19.9. The lowest BCUT2D eigenvalue weighted by Crippen LogP contribution is -2.61. The van der Waals surface area contributed by atoms with Crippen LogP contribution < -0.4 is 5.32 Å². The third-order valence-corrected chi connectivity index (χ3v) is 6.24. The third-order valence-electron chi connectivity index (χ3n) is 5.35. The van der Waals surface area contributed by atoms with Crippen molar-refractivity contribution in [2.24, 2.45) is 0 Å². The van der Waals surface area contributed by atoms with Crippen molar-refractivity contribution in [2.75, 3.05) is 13.1 Å². The number of likely N-dealkylation sites (tertiary alicyclic amines) is 1. The molecule has 5 nitrogen and oxygen atoms in total. The predicted molar refractivity (Wildman–Crippen MR) is 108 cm³/mol. The van der Waals surface area contributed by atoms with E-state index < -0.39 is 5.54 Å². The molecule has 27 heavy (non-hydrogen) atoms. The molecule has 2 aromatic rings. The fourth-order valence-electron chi connectivity index (χ4n) is 3.63. The summed E-state index contributed by atoms with van der Waals surface area (Å²) in [6.45, 7) is 7.04. The van der Waals surface area contributed by atoms with E-state index >= 15 is 0 Å². The van der Waals surface area contributed by atoms with Gasteiger partial charge in [0.25, 0.3) is 5.91 Å². The lowest BCUT2D eigenvalue weighted by molar-refractivity contribution is -0.133. The molecule has 0 aromatic carbocycles. The van der Waals surface area contributed by atoms with Crippen molar-refractivity contribution in [1.82, 2.24) is 10.2 Å². The molecule has 6 heteroatoms. The van der Waals surface area contributed by atoms with Crippen molar-refractivity contribution in [3.05, 3.63) is 34.9 Å². The van der Waals surface area contributed by atoms with Crippen molar-refractivity contribution >= 4 is 23.2 Å². The number of nitrogens with one attached hydrogen (secondary N) is 1. The number of hydrogen-bond donors (Lipinski definition) is 1. The van der Waals surface area contributed by atoms with Crippen molar-refractivity contribution in [3.8, 4) is 10.6 Å². The maximum absolute atomic E-state index is 13.3. The molecule has 146 valence electrons. The number of thiophene rings is 1. The number of carbonyl (C=O) groups excluding carboxylic acids is 2. The summed E-state index contributed by atoms with van der Waals surface area (Å²) in [4.78, 5) is 29.0. The van der Waals surface area contributed by atoms with Crippen LogP contribution in [0.5, 0.6) is 0 Å². The maximum atomic E-state index is 13.3. The van der Waals surface area contributed by atoms with Gasteiger partial charge in [-0.1, -0.05) is 19.4 Å². The molecule has 1 fully saturated rings. The van der Waals surface area contributed by atoms with E-state index in [-0.39, 0.29) is 11.8 Å². The van der Waals surface area contributed by atoms with E-state index in [2.05, 4.69) is 12.2 Å². The van der Waals surface area contributed by atoms with Gasteiger partial charge in [-0.05, 0) is 57.0 Å². The molecule has 1 unspecified atom stereocenters. The zero-order valence-electron chi connectivity index (χ0n) is 16.3. The topological polar surface area (TPSA) is 62.6 Å². The summed E-state index contributed by atoms with van der Waals surface area (Å²) in [6, 6.07) is 5.75. The molecule has 2 aromatic heterocycles. The zero-order valence-corrected chi connectivity index (χ0v) is 17.2. The van der Waals surface area contributed by atoms with E-state index in [0.717, 1.165) is 30.6 Å². The number of unbranched alkanes of at least 4 members (excludes halogenated alkanes) is 1. The van der Waals surface area contributed by atoms with Crippen LogP contribution in [0.3, 0.4) is 0 Å². The Balaban J connectivity index is 1.84. The van der Waals surface area contributed by atoms with Gasteiger partial charge in [0, 0.05) is 13.1 Å². The number of amides is 2. The molecular weight excluding hydrogens is 360 g/mol. The summed E-state index contributed by atoms with van der Waals surface area (Å²) >= 11 is 1.58. The average Bonchev–Trinajstić information content (AvgIpc) is 3.31. The van der Waals surface area contributed by atoms with Gasteiger partial charge >= 0.3 is 0 Å². The molecular formula is C21H28N2O3S. The molecule has 0 bridgehead atoms. The molecule has 0 saturated carbocycles. The highest BCUT2D eigenvalue weighted by Crippen LogP contribution is 2.33. The molecule has 3 rings (SSSR count). The summed E-state index contributed by atoms with van der Waals surface area (Å²) in [7, 11) is 0. The molecule has 3 heterocycles. The second kappa shape index (κ2) is 8.30. The largest absolute Gasteiger partial charge is 0.460 e. The van der Waals surface area contributed by atoms with E-state index in [1.54, 1.807) is 16.2 Å². The average molecular weight is 389 g/mol. The summed E-state index contributed by atoms with van der Waals surface area (Å²) in [5, 5.41) is 5.00. The van der Waals surface area contributed by atoms with E-state index in [1.165, 1.54) is 0 Å². The van der Waals surface area contributed by atoms with Gasteiger partial charge in [-0.2, -0.15) is 0 Å². The molecule has 0 radical (unpaired) electrons. The number of furan rings is 1. The fourth-order valence-corrected chi connectivity index (χ4v) is 4.31. The van der Waals surface area contributed by atoms with Crippen LogP contribution in [0, 0.1) is 6.92 Å². The van der Waals surface area contributed by atoms with Crippen LogP contribution in [-0.2, 0) is 4.79 Å². The Bertz CT molecular complexity index is 796. The highest BCUT2D eigenvalue weighted by Gasteiger charge is 2.44. The van der Waals surface area contributed by atoms with Crippen LogP contribution in [0.1, 0.15) is 62.1 Å². The van der Waals surface area contributed by atoms with Crippen LogP contribution in [-0.4, -0.2) is 35.3 Å². The second-order valence-electron chi connectivity index (χ2n) is 7.36. The quantitative estimate of drug-likeness (QED) is 0.735. The van der Waals surface area contributed by atoms with E-state index in [4.69, 9.17) is 4.42 Å². The Hall–Kier alpha value is -2.08. The van der Waals surface area contributed by atoms with E-state index in [9.17, 15) is 9.59 Å². The molecule has 2 amide bonds. The number of piperidine rings is 1. The lowest BCUT2D eigenvalue weighted by Gasteiger charge is -2.43. The Labute approximate surface area is 164 Å². The van der Waals surface area contributed by atoms with Gasteiger partial charge in [-0.15, -0.1) is 11.3 Å². The maximum Gasteiger partial charge on any atom is 0.258 e. The third kappa shape index (κ3) is 3.95.